The Morgan fingerprint density at radius 2 is 2.22 bits per heavy atom. The SMILES string of the molecule is CC1CCNCC1Cc1nn(C)c2ccccc12. The molecule has 1 aliphatic heterocycles. The molecule has 0 spiro atoms. The topological polar surface area (TPSA) is 29.9 Å². The van der Waals surface area contributed by atoms with Crippen molar-refractivity contribution in [2.75, 3.05) is 13.1 Å². The Hall–Kier alpha value is -1.35. The van der Waals surface area contributed by atoms with Crippen LogP contribution in [0.3, 0.4) is 0 Å². The Labute approximate surface area is 108 Å². The normalized spacial score (nSPS) is 24.6. The fraction of sp³-hybridized carbons (Fsp3) is 0.533. The number of piperidine rings is 1. The molecule has 2 heterocycles. The molecule has 1 N–H and O–H groups in total. The summed E-state index contributed by atoms with van der Waals surface area (Å²) in [5.41, 5.74) is 2.50. The van der Waals surface area contributed by atoms with E-state index in [1.807, 2.05) is 11.7 Å². The molecule has 0 bridgehead atoms. The number of para-hydroxylation sites is 1. The third kappa shape index (κ3) is 2.03. The van der Waals surface area contributed by atoms with E-state index >= 15 is 0 Å². The van der Waals surface area contributed by atoms with Crippen LogP contribution in [0.1, 0.15) is 19.0 Å². The van der Waals surface area contributed by atoms with Crippen LogP contribution in [0.15, 0.2) is 24.3 Å². The first kappa shape index (κ1) is 11.7. The van der Waals surface area contributed by atoms with E-state index in [9.17, 15) is 0 Å². The Morgan fingerprint density at radius 3 is 3.06 bits per heavy atom. The Kier molecular flexibility index (Phi) is 3.08. The third-order valence-electron chi connectivity index (χ3n) is 4.28. The summed E-state index contributed by atoms with van der Waals surface area (Å²) in [7, 11) is 2.04. The first-order valence-corrected chi connectivity index (χ1v) is 6.87. The number of benzene rings is 1. The van der Waals surface area contributed by atoms with Crippen LogP contribution >= 0.6 is 0 Å². The van der Waals surface area contributed by atoms with E-state index in [4.69, 9.17) is 5.10 Å². The summed E-state index contributed by atoms with van der Waals surface area (Å²) < 4.78 is 2.01. The molecular formula is C15H21N3. The van der Waals surface area contributed by atoms with Crippen molar-refractivity contribution in [3.63, 3.8) is 0 Å². The number of fused-ring (bicyclic) bond motifs is 1. The second-order valence-electron chi connectivity index (χ2n) is 5.52. The van der Waals surface area contributed by atoms with Gasteiger partial charge in [0.1, 0.15) is 0 Å². The largest absolute Gasteiger partial charge is 0.316 e. The van der Waals surface area contributed by atoms with Crippen LogP contribution in [0.2, 0.25) is 0 Å². The molecule has 3 nitrogen and oxygen atoms in total. The van der Waals surface area contributed by atoms with Gasteiger partial charge in [0.15, 0.2) is 0 Å². The second-order valence-corrected chi connectivity index (χ2v) is 5.52. The van der Waals surface area contributed by atoms with Gasteiger partial charge in [-0.1, -0.05) is 25.1 Å². The van der Waals surface area contributed by atoms with Crippen molar-refractivity contribution in [3.8, 4) is 0 Å². The first-order valence-electron chi connectivity index (χ1n) is 6.87. The average molecular weight is 243 g/mol. The smallest absolute Gasteiger partial charge is 0.0706 e. The monoisotopic (exact) mass is 243 g/mol. The van der Waals surface area contributed by atoms with E-state index in [-0.39, 0.29) is 0 Å². The molecule has 0 saturated carbocycles. The maximum atomic E-state index is 4.71. The lowest BCUT2D eigenvalue weighted by atomic mass is 9.84. The minimum atomic E-state index is 0.719. The van der Waals surface area contributed by atoms with E-state index in [0.717, 1.165) is 24.8 Å². The molecule has 3 rings (SSSR count). The van der Waals surface area contributed by atoms with Gasteiger partial charge in [-0.05, 0) is 43.8 Å². The quantitative estimate of drug-likeness (QED) is 0.877. The van der Waals surface area contributed by atoms with Crippen molar-refractivity contribution >= 4 is 10.9 Å². The second kappa shape index (κ2) is 4.73. The van der Waals surface area contributed by atoms with Gasteiger partial charge in [-0.25, -0.2) is 0 Å². The predicted molar refractivity (Wildman–Crippen MR) is 74.6 cm³/mol. The number of nitrogens with zero attached hydrogens (tertiary/aromatic N) is 2. The van der Waals surface area contributed by atoms with Crippen molar-refractivity contribution in [1.82, 2.24) is 15.1 Å². The summed E-state index contributed by atoms with van der Waals surface area (Å²) in [6.07, 6.45) is 2.38. The van der Waals surface area contributed by atoms with Gasteiger partial charge < -0.3 is 5.32 Å². The molecule has 1 fully saturated rings. The summed E-state index contributed by atoms with van der Waals surface area (Å²) in [6.45, 7) is 4.67. The van der Waals surface area contributed by atoms with E-state index in [2.05, 4.69) is 36.5 Å². The molecule has 2 atom stereocenters. The minimum Gasteiger partial charge on any atom is -0.316 e. The molecule has 1 aliphatic rings. The first-order chi connectivity index (χ1) is 8.75. The molecule has 0 amide bonds. The highest BCUT2D eigenvalue weighted by Crippen LogP contribution is 2.26. The van der Waals surface area contributed by atoms with Crippen LogP contribution in [0.25, 0.3) is 10.9 Å². The Balaban J connectivity index is 1.90. The van der Waals surface area contributed by atoms with Gasteiger partial charge in [-0.15, -0.1) is 0 Å². The number of rotatable bonds is 2. The summed E-state index contributed by atoms with van der Waals surface area (Å²) in [5, 5.41) is 9.53. The zero-order valence-electron chi connectivity index (χ0n) is 11.2. The summed E-state index contributed by atoms with van der Waals surface area (Å²) in [5.74, 6) is 1.52. The van der Waals surface area contributed by atoms with Gasteiger partial charge in [0.05, 0.1) is 11.2 Å². The van der Waals surface area contributed by atoms with Gasteiger partial charge in [0.25, 0.3) is 0 Å². The molecule has 1 aromatic carbocycles. The van der Waals surface area contributed by atoms with E-state index < -0.39 is 0 Å². The van der Waals surface area contributed by atoms with Crippen molar-refractivity contribution in [3.05, 3.63) is 30.0 Å². The Bertz CT molecular complexity index is 544. The zero-order chi connectivity index (χ0) is 12.5. The van der Waals surface area contributed by atoms with Crippen molar-refractivity contribution in [2.45, 2.75) is 19.8 Å². The van der Waals surface area contributed by atoms with Gasteiger partial charge in [0, 0.05) is 12.4 Å². The molecule has 3 heteroatoms. The molecule has 1 saturated heterocycles. The highest BCUT2D eigenvalue weighted by molar-refractivity contribution is 5.81. The number of nitrogens with one attached hydrogen (secondary N) is 1. The predicted octanol–water partition coefficient (Wildman–Crippen LogP) is 2.36. The summed E-state index contributed by atoms with van der Waals surface area (Å²) in [4.78, 5) is 0. The number of aryl methyl sites for hydroxylation is 1. The maximum absolute atomic E-state index is 4.71. The standard InChI is InChI=1S/C15H21N3/c1-11-7-8-16-10-12(11)9-14-13-5-3-4-6-15(13)18(2)17-14/h3-6,11-12,16H,7-10H2,1-2H3. The lowest BCUT2D eigenvalue weighted by Crippen LogP contribution is -2.36. The van der Waals surface area contributed by atoms with Crippen LogP contribution in [0, 0.1) is 11.8 Å². The third-order valence-corrected chi connectivity index (χ3v) is 4.28. The van der Waals surface area contributed by atoms with E-state index in [1.165, 1.54) is 29.6 Å². The summed E-state index contributed by atoms with van der Waals surface area (Å²) >= 11 is 0. The van der Waals surface area contributed by atoms with Crippen LogP contribution in [0.5, 0.6) is 0 Å². The molecule has 0 aliphatic carbocycles. The molecule has 2 unspecified atom stereocenters. The van der Waals surface area contributed by atoms with Crippen LogP contribution < -0.4 is 5.32 Å². The van der Waals surface area contributed by atoms with Crippen LogP contribution in [0.4, 0.5) is 0 Å². The van der Waals surface area contributed by atoms with Crippen molar-refractivity contribution in [2.24, 2.45) is 18.9 Å². The number of aromatic nitrogens is 2. The van der Waals surface area contributed by atoms with Gasteiger partial charge in [0.2, 0.25) is 0 Å². The number of hydrogen-bond acceptors (Lipinski definition) is 2. The fourth-order valence-corrected chi connectivity index (χ4v) is 3.02. The van der Waals surface area contributed by atoms with Crippen LogP contribution in [-0.2, 0) is 13.5 Å². The lowest BCUT2D eigenvalue weighted by molar-refractivity contribution is 0.271. The van der Waals surface area contributed by atoms with Crippen LogP contribution in [-0.4, -0.2) is 22.9 Å². The van der Waals surface area contributed by atoms with Gasteiger partial charge >= 0.3 is 0 Å². The Morgan fingerprint density at radius 1 is 1.39 bits per heavy atom. The lowest BCUT2D eigenvalue weighted by Gasteiger charge is -2.29. The highest BCUT2D eigenvalue weighted by atomic mass is 15.3. The highest BCUT2D eigenvalue weighted by Gasteiger charge is 2.23. The molecular weight excluding hydrogens is 222 g/mol. The van der Waals surface area contributed by atoms with Gasteiger partial charge in [-0.3, -0.25) is 4.68 Å². The number of hydrogen-bond donors (Lipinski definition) is 1. The van der Waals surface area contributed by atoms with Crippen molar-refractivity contribution < 1.29 is 0 Å². The van der Waals surface area contributed by atoms with E-state index in [0.29, 0.717) is 0 Å². The van der Waals surface area contributed by atoms with Gasteiger partial charge in [-0.2, -0.15) is 5.10 Å². The molecule has 18 heavy (non-hydrogen) atoms. The van der Waals surface area contributed by atoms with Crippen molar-refractivity contribution in [1.29, 1.82) is 0 Å². The molecule has 1 aromatic heterocycles. The summed E-state index contributed by atoms with van der Waals surface area (Å²) in [6, 6.07) is 8.53. The minimum absolute atomic E-state index is 0.719. The van der Waals surface area contributed by atoms with E-state index in [1.54, 1.807) is 0 Å². The maximum Gasteiger partial charge on any atom is 0.0706 e. The molecule has 2 aromatic rings. The average Bonchev–Trinajstić information content (AvgIpc) is 2.70. The zero-order valence-corrected chi connectivity index (χ0v) is 11.2. The fourth-order valence-electron chi connectivity index (χ4n) is 3.02. The molecule has 96 valence electrons. The molecule has 0 radical (unpaired) electrons.